The van der Waals surface area contributed by atoms with E-state index in [-0.39, 0.29) is 11.8 Å². The molecule has 0 spiro atoms. The number of hydrogen-bond acceptors (Lipinski definition) is 3. The van der Waals surface area contributed by atoms with Crippen molar-refractivity contribution < 1.29 is 4.79 Å². The van der Waals surface area contributed by atoms with Crippen LogP contribution < -0.4 is 5.32 Å². The molecule has 0 aliphatic carbocycles. The van der Waals surface area contributed by atoms with Crippen LogP contribution in [0.15, 0.2) is 24.4 Å². The van der Waals surface area contributed by atoms with Gasteiger partial charge in [-0.15, -0.1) is 0 Å². The highest BCUT2D eigenvalue weighted by Crippen LogP contribution is 2.09. The lowest BCUT2D eigenvalue weighted by Crippen LogP contribution is -2.43. The van der Waals surface area contributed by atoms with Crippen LogP contribution in [-0.4, -0.2) is 35.4 Å². The Kier molecular flexibility index (Phi) is 4.09. The van der Waals surface area contributed by atoms with Crippen LogP contribution in [0.5, 0.6) is 0 Å². The van der Waals surface area contributed by atoms with Gasteiger partial charge < -0.3 is 10.2 Å². The van der Waals surface area contributed by atoms with E-state index in [1.54, 1.807) is 6.20 Å². The van der Waals surface area contributed by atoms with Crippen molar-refractivity contribution in [1.29, 1.82) is 0 Å². The van der Waals surface area contributed by atoms with E-state index < -0.39 is 0 Å². The van der Waals surface area contributed by atoms with Crippen molar-refractivity contribution >= 4 is 5.91 Å². The number of nitrogens with one attached hydrogen (secondary N) is 1. The molecule has 1 saturated heterocycles. The monoisotopic (exact) mass is 233 g/mol. The van der Waals surface area contributed by atoms with Gasteiger partial charge in [0.05, 0.1) is 12.2 Å². The highest BCUT2D eigenvalue weighted by molar-refractivity contribution is 5.78. The van der Waals surface area contributed by atoms with Crippen molar-refractivity contribution in [2.75, 3.05) is 19.6 Å². The summed E-state index contributed by atoms with van der Waals surface area (Å²) in [6.45, 7) is 5.18. The van der Waals surface area contributed by atoms with Gasteiger partial charge in [0.1, 0.15) is 0 Å². The summed E-state index contributed by atoms with van der Waals surface area (Å²) in [4.78, 5) is 18.4. The van der Waals surface area contributed by atoms with E-state index in [1.807, 2.05) is 30.0 Å². The topological polar surface area (TPSA) is 45.2 Å². The first-order chi connectivity index (χ1) is 8.27. The molecule has 0 bridgehead atoms. The zero-order chi connectivity index (χ0) is 12.1. The SMILES string of the molecule is CC1CNCCCN(Cc2ccccn2)C1=O. The Morgan fingerprint density at radius 1 is 1.53 bits per heavy atom. The van der Waals surface area contributed by atoms with Crippen molar-refractivity contribution in [3.05, 3.63) is 30.1 Å². The maximum Gasteiger partial charge on any atom is 0.227 e. The number of carbonyl (C=O) groups is 1. The molecule has 4 nitrogen and oxygen atoms in total. The lowest BCUT2D eigenvalue weighted by molar-refractivity contribution is -0.136. The van der Waals surface area contributed by atoms with Gasteiger partial charge in [-0.1, -0.05) is 13.0 Å². The fourth-order valence-electron chi connectivity index (χ4n) is 2.07. The van der Waals surface area contributed by atoms with E-state index in [0.717, 1.165) is 31.7 Å². The minimum absolute atomic E-state index is 0.0546. The van der Waals surface area contributed by atoms with E-state index >= 15 is 0 Å². The highest BCUT2D eigenvalue weighted by atomic mass is 16.2. The molecule has 2 rings (SSSR count). The van der Waals surface area contributed by atoms with E-state index in [4.69, 9.17) is 0 Å². The number of amides is 1. The molecule has 1 N–H and O–H groups in total. The second-order valence-electron chi connectivity index (χ2n) is 4.54. The zero-order valence-electron chi connectivity index (χ0n) is 10.2. The minimum atomic E-state index is 0.0546. The predicted octanol–water partition coefficient (Wildman–Crippen LogP) is 1.04. The zero-order valence-corrected chi connectivity index (χ0v) is 10.2. The van der Waals surface area contributed by atoms with Gasteiger partial charge in [0.2, 0.25) is 5.91 Å². The molecule has 0 radical (unpaired) electrons. The van der Waals surface area contributed by atoms with Gasteiger partial charge in [0.15, 0.2) is 0 Å². The standard InChI is InChI=1S/C13H19N3O/c1-11-9-14-6-4-8-16(13(11)17)10-12-5-2-3-7-15-12/h2-3,5,7,11,14H,4,6,8-10H2,1H3. The maximum absolute atomic E-state index is 12.2. The Morgan fingerprint density at radius 2 is 2.41 bits per heavy atom. The Hall–Kier alpha value is -1.42. The number of hydrogen-bond donors (Lipinski definition) is 1. The molecule has 1 aromatic heterocycles. The minimum Gasteiger partial charge on any atom is -0.336 e. The Labute approximate surface area is 102 Å². The Bertz CT molecular complexity index is 366. The van der Waals surface area contributed by atoms with Crippen molar-refractivity contribution in [3.63, 3.8) is 0 Å². The van der Waals surface area contributed by atoms with Crippen LogP contribution in [0.2, 0.25) is 0 Å². The number of aromatic nitrogens is 1. The summed E-state index contributed by atoms with van der Waals surface area (Å²) in [5.41, 5.74) is 0.960. The smallest absolute Gasteiger partial charge is 0.227 e. The van der Waals surface area contributed by atoms with Gasteiger partial charge in [-0.3, -0.25) is 9.78 Å². The third-order valence-corrected chi connectivity index (χ3v) is 3.04. The van der Waals surface area contributed by atoms with Crippen LogP contribution >= 0.6 is 0 Å². The molecule has 1 aliphatic rings. The van der Waals surface area contributed by atoms with Gasteiger partial charge in [-0.25, -0.2) is 0 Å². The normalized spacial score (nSPS) is 22.1. The van der Waals surface area contributed by atoms with Crippen LogP contribution in [0.4, 0.5) is 0 Å². The summed E-state index contributed by atoms with van der Waals surface area (Å²) in [7, 11) is 0. The molecule has 17 heavy (non-hydrogen) atoms. The molecule has 1 fully saturated rings. The van der Waals surface area contributed by atoms with Crippen LogP contribution in [0.3, 0.4) is 0 Å². The van der Waals surface area contributed by atoms with Crippen molar-refractivity contribution in [3.8, 4) is 0 Å². The van der Waals surface area contributed by atoms with E-state index in [2.05, 4.69) is 10.3 Å². The lowest BCUT2D eigenvalue weighted by atomic mass is 10.1. The molecule has 1 aromatic rings. The summed E-state index contributed by atoms with van der Waals surface area (Å²) in [6.07, 6.45) is 2.78. The first-order valence-corrected chi connectivity index (χ1v) is 6.17. The molecular formula is C13H19N3O. The van der Waals surface area contributed by atoms with Gasteiger partial charge in [0, 0.05) is 25.2 Å². The van der Waals surface area contributed by atoms with Crippen LogP contribution in [0, 0.1) is 5.92 Å². The second kappa shape index (κ2) is 5.77. The summed E-state index contributed by atoms with van der Waals surface area (Å²) < 4.78 is 0. The van der Waals surface area contributed by atoms with Crippen LogP contribution in [0.1, 0.15) is 19.0 Å². The highest BCUT2D eigenvalue weighted by Gasteiger charge is 2.22. The first kappa shape index (κ1) is 12.0. The molecule has 4 heteroatoms. The summed E-state index contributed by atoms with van der Waals surface area (Å²) in [5, 5.41) is 3.29. The quantitative estimate of drug-likeness (QED) is 0.830. The molecule has 1 atom stereocenters. The summed E-state index contributed by atoms with van der Waals surface area (Å²) in [5.74, 6) is 0.280. The molecular weight excluding hydrogens is 214 g/mol. The summed E-state index contributed by atoms with van der Waals surface area (Å²) >= 11 is 0. The largest absolute Gasteiger partial charge is 0.336 e. The van der Waals surface area contributed by atoms with Gasteiger partial charge >= 0.3 is 0 Å². The van der Waals surface area contributed by atoms with Crippen molar-refractivity contribution in [1.82, 2.24) is 15.2 Å². The second-order valence-corrected chi connectivity index (χ2v) is 4.54. The Morgan fingerprint density at radius 3 is 3.18 bits per heavy atom. The molecule has 1 unspecified atom stereocenters. The van der Waals surface area contributed by atoms with Crippen molar-refractivity contribution in [2.45, 2.75) is 19.9 Å². The van der Waals surface area contributed by atoms with Crippen LogP contribution in [-0.2, 0) is 11.3 Å². The molecule has 1 amide bonds. The van der Waals surface area contributed by atoms with Crippen LogP contribution in [0.25, 0.3) is 0 Å². The van der Waals surface area contributed by atoms with Gasteiger partial charge in [0.25, 0.3) is 0 Å². The predicted molar refractivity (Wildman–Crippen MR) is 66.3 cm³/mol. The fourth-order valence-corrected chi connectivity index (χ4v) is 2.07. The van der Waals surface area contributed by atoms with Gasteiger partial charge in [-0.05, 0) is 25.1 Å². The molecule has 92 valence electrons. The lowest BCUT2D eigenvalue weighted by Gasteiger charge is -2.28. The number of carbonyl (C=O) groups excluding carboxylic acids is 1. The summed E-state index contributed by atoms with van der Waals surface area (Å²) in [6, 6.07) is 5.82. The number of nitrogens with zero attached hydrogens (tertiary/aromatic N) is 2. The molecule has 0 saturated carbocycles. The van der Waals surface area contributed by atoms with Gasteiger partial charge in [-0.2, -0.15) is 0 Å². The number of rotatable bonds is 2. The van der Waals surface area contributed by atoms with E-state index in [0.29, 0.717) is 6.54 Å². The van der Waals surface area contributed by atoms with E-state index in [1.165, 1.54) is 0 Å². The maximum atomic E-state index is 12.2. The molecule has 0 aromatic carbocycles. The van der Waals surface area contributed by atoms with Crippen molar-refractivity contribution in [2.24, 2.45) is 5.92 Å². The van der Waals surface area contributed by atoms with E-state index in [9.17, 15) is 4.79 Å². The first-order valence-electron chi connectivity index (χ1n) is 6.17. The Balaban J connectivity index is 2.04. The number of pyridine rings is 1. The average Bonchev–Trinajstić information content (AvgIpc) is 2.36. The third kappa shape index (κ3) is 3.27. The average molecular weight is 233 g/mol. The fraction of sp³-hybridized carbons (Fsp3) is 0.538. The third-order valence-electron chi connectivity index (χ3n) is 3.04. The molecule has 2 heterocycles. The molecule has 1 aliphatic heterocycles.